The summed E-state index contributed by atoms with van der Waals surface area (Å²) in [5, 5.41) is 8.69. The number of benzene rings is 3. The van der Waals surface area contributed by atoms with Gasteiger partial charge in [-0.25, -0.2) is 9.78 Å². The van der Waals surface area contributed by atoms with Gasteiger partial charge in [0.1, 0.15) is 10.8 Å². The number of carbonyl (C=O) groups is 1. The second kappa shape index (κ2) is 10.2. The molecule has 4 aromatic rings. The molecule has 2 amide bonds. The maximum Gasteiger partial charge on any atom is 0.317 e. The van der Waals surface area contributed by atoms with Crippen molar-refractivity contribution in [3.63, 3.8) is 0 Å². The molecule has 0 unspecified atom stereocenters. The Kier molecular flexibility index (Phi) is 6.74. The Hall–Kier alpha value is -3.42. The van der Waals surface area contributed by atoms with Gasteiger partial charge in [-0.05, 0) is 40.6 Å². The second-order valence-corrected chi connectivity index (χ2v) is 9.36. The van der Waals surface area contributed by atoms with E-state index in [1.54, 1.807) is 18.4 Å². The van der Waals surface area contributed by atoms with Gasteiger partial charge < -0.3 is 15.0 Å². The summed E-state index contributed by atoms with van der Waals surface area (Å²) in [7, 11) is 1.67. The first-order chi connectivity index (χ1) is 16.7. The standard InChI is InChI=1S/C27H28N4O2S/c1-33-23-11-9-21(10-12-23)25-19-34-26(29-25)18-30-13-15-31(16-14-30)27(32)28-17-22-7-4-6-20-5-2-3-8-24(20)22/h2-12,19H,13-18H2,1H3,(H,28,32). The van der Waals surface area contributed by atoms with Crippen LogP contribution in [0.15, 0.2) is 72.1 Å². The molecule has 5 rings (SSSR count). The molecule has 1 fully saturated rings. The number of aromatic nitrogens is 1. The largest absolute Gasteiger partial charge is 0.497 e. The molecule has 0 aliphatic carbocycles. The van der Waals surface area contributed by atoms with E-state index in [1.807, 2.05) is 47.4 Å². The number of methoxy groups -OCH3 is 1. The second-order valence-electron chi connectivity index (χ2n) is 8.42. The van der Waals surface area contributed by atoms with Crippen LogP contribution in [0.1, 0.15) is 10.6 Å². The van der Waals surface area contributed by atoms with Crippen molar-refractivity contribution in [1.82, 2.24) is 20.1 Å². The number of hydrogen-bond acceptors (Lipinski definition) is 5. The Morgan fingerprint density at radius 3 is 2.56 bits per heavy atom. The summed E-state index contributed by atoms with van der Waals surface area (Å²) < 4.78 is 5.23. The molecule has 0 saturated carbocycles. The fourth-order valence-corrected chi connectivity index (χ4v) is 5.15. The molecule has 0 spiro atoms. The Balaban J connectivity index is 1.11. The number of carbonyl (C=O) groups excluding carboxylic acids is 1. The predicted molar refractivity (Wildman–Crippen MR) is 137 cm³/mol. The van der Waals surface area contributed by atoms with E-state index in [0.717, 1.165) is 60.3 Å². The fourth-order valence-electron chi connectivity index (χ4n) is 4.31. The highest BCUT2D eigenvalue weighted by Crippen LogP contribution is 2.25. The molecule has 1 aliphatic heterocycles. The van der Waals surface area contributed by atoms with Crippen LogP contribution in [-0.2, 0) is 13.1 Å². The van der Waals surface area contributed by atoms with E-state index < -0.39 is 0 Å². The van der Waals surface area contributed by atoms with Gasteiger partial charge in [0.15, 0.2) is 0 Å². The molecular weight excluding hydrogens is 444 g/mol. The molecule has 7 heteroatoms. The summed E-state index contributed by atoms with van der Waals surface area (Å²) in [5.74, 6) is 0.846. The molecule has 174 valence electrons. The molecule has 1 aromatic heterocycles. The van der Waals surface area contributed by atoms with E-state index >= 15 is 0 Å². The number of hydrogen-bond donors (Lipinski definition) is 1. The van der Waals surface area contributed by atoms with Crippen molar-refractivity contribution in [1.29, 1.82) is 0 Å². The quantitative estimate of drug-likeness (QED) is 0.429. The molecule has 34 heavy (non-hydrogen) atoms. The van der Waals surface area contributed by atoms with Crippen LogP contribution in [-0.4, -0.2) is 54.1 Å². The first kappa shape index (κ1) is 22.4. The van der Waals surface area contributed by atoms with E-state index in [2.05, 4.69) is 39.9 Å². The molecule has 6 nitrogen and oxygen atoms in total. The summed E-state index contributed by atoms with van der Waals surface area (Å²) in [5.41, 5.74) is 3.23. The Bertz CT molecular complexity index is 1260. The van der Waals surface area contributed by atoms with Gasteiger partial charge in [-0.3, -0.25) is 4.90 Å². The third-order valence-corrected chi connectivity index (χ3v) is 7.10. The summed E-state index contributed by atoms with van der Waals surface area (Å²) in [4.78, 5) is 21.8. The van der Waals surface area contributed by atoms with Gasteiger partial charge in [0.2, 0.25) is 0 Å². The van der Waals surface area contributed by atoms with Crippen molar-refractivity contribution in [3.8, 4) is 17.0 Å². The topological polar surface area (TPSA) is 57.7 Å². The maximum atomic E-state index is 12.8. The lowest BCUT2D eigenvalue weighted by Crippen LogP contribution is -2.51. The lowest BCUT2D eigenvalue weighted by Gasteiger charge is -2.34. The van der Waals surface area contributed by atoms with E-state index in [9.17, 15) is 4.79 Å². The normalized spacial score (nSPS) is 14.3. The highest BCUT2D eigenvalue weighted by molar-refractivity contribution is 7.09. The Morgan fingerprint density at radius 2 is 1.76 bits per heavy atom. The van der Waals surface area contributed by atoms with E-state index in [1.165, 1.54) is 10.8 Å². The van der Waals surface area contributed by atoms with Crippen LogP contribution in [0.4, 0.5) is 4.79 Å². The minimum absolute atomic E-state index is 0.00336. The van der Waals surface area contributed by atoms with Crippen molar-refractivity contribution >= 4 is 28.1 Å². The van der Waals surface area contributed by atoms with Gasteiger partial charge in [-0.15, -0.1) is 11.3 Å². The van der Waals surface area contributed by atoms with E-state index in [4.69, 9.17) is 9.72 Å². The molecule has 1 N–H and O–H groups in total. The lowest BCUT2D eigenvalue weighted by atomic mass is 10.0. The number of fused-ring (bicyclic) bond motifs is 1. The molecule has 2 heterocycles. The highest BCUT2D eigenvalue weighted by atomic mass is 32.1. The van der Waals surface area contributed by atoms with Gasteiger partial charge in [0, 0.05) is 43.7 Å². The summed E-state index contributed by atoms with van der Waals surface area (Å²) >= 11 is 1.68. The van der Waals surface area contributed by atoms with Crippen LogP contribution in [0, 0.1) is 0 Å². The van der Waals surface area contributed by atoms with Crippen molar-refractivity contribution < 1.29 is 9.53 Å². The molecule has 0 radical (unpaired) electrons. The number of ether oxygens (including phenoxy) is 1. The SMILES string of the molecule is COc1ccc(-c2csc(CN3CCN(C(=O)NCc4cccc5ccccc45)CC3)n2)cc1. The van der Waals surface area contributed by atoms with E-state index in [0.29, 0.717) is 6.54 Å². The fraction of sp³-hybridized carbons (Fsp3) is 0.259. The molecule has 0 bridgehead atoms. The van der Waals surface area contributed by atoms with Gasteiger partial charge in [-0.1, -0.05) is 42.5 Å². The van der Waals surface area contributed by atoms with Gasteiger partial charge in [-0.2, -0.15) is 0 Å². The number of nitrogens with zero attached hydrogens (tertiary/aromatic N) is 3. The van der Waals surface area contributed by atoms with Crippen LogP contribution in [0.25, 0.3) is 22.0 Å². The van der Waals surface area contributed by atoms with Crippen LogP contribution >= 0.6 is 11.3 Å². The zero-order valence-corrected chi connectivity index (χ0v) is 20.1. The molecular formula is C27H28N4O2S. The first-order valence-corrected chi connectivity index (χ1v) is 12.4. The Labute approximate surface area is 203 Å². The summed E-state index contributed by atoms with van der Waals surface area (Å²) in [6, 6.07) is 22.5. The average molecular weight is 473 g/mol. The lowest BCUT2D eigenvalue weighted by molar-refractivity contribution is 0.135. The maximum absolute atomic E-state index is 12.8. The highest BCUT2D eigenvalue weighted by Gasteiger charge is 2.22. The number of rotatable bonds is 6. The number of nitrogens with one attached hydrogen (secondary N) is 1. The van der Waals surface area contributed by atoms with Crippen LogP contribution in [0.3, 0.4) is 0 Å². The van der Waals surface area contributed by atoms with Gasteiger partial charge in [0.25, 0.3) is 0 Å². The van der Waals surface area contributed by atoms with Crippen molar-refractivity contribution in [2.45, 2.75) is 13.1 Å². The molecule has 3 aromatic carbocycles. The summed E-state index contributed by atoms with van der Waals surface area (Å²) in [6.45, 7) is 4.48. The van der Waals surface area contributed by atoms with Crippen molar-refractivity contribution in [2.75, 3.05) is 33.3 Å². The number of urea groups is 1. The monoisotopic (exact) mass is 472 g/mol. The van der Waals surface area contributed by atoms with Gasteiger partial charge in [0.05, 0.1) is 19.3 Å². The van der Waals surface area contributed by atoms with Crippen molar-refractivity contribution in [2.24, 2.45) is 0 Å². The third kappa shape index (κ3) is 5.05. The smallest absolute Gasteiger partial charge is 0.317 e. The van der Waals surface area contributed by atoms with Crippen LogP contribution in [0.5, 0.6) is 5.75 Å². The number of piperazine rings is 1. The van der Waals surface area contributed by atoms with Crippen LogP contribution < -0.4 is 10.1 Å². The number of thiazole rings is 1. The minimum Gasteiger partial charge on any atom is -0.497 e. The first-order valence-electron chi connectivity index (χ1n) is 11.5. The molecule has 0 atom stereocenters. The Morgan fingerprint density at radius 1 is 1.00 bits per heavy atom. The summed E-state index contributed by atoms with van der Waals surface area (Å²) in [6.07, 6.45) is 0. The van der Waals surface area contributed by atoms with Gasteiger partial charge >= 0.3 is 6.03 Å². The predicted octanol–water partition coefficient (Wildman–Crippen LogP) is 5.00. The average Bonchev–Trinajstić information content (AvgIpc) is 3.36. The zero-order chi connectivity index (χ0) is 23.3. The van der Waals surface area contributed by atoms with Crippen molar-refractivity contribution in [3.05, 3.63) is 82.7 Å². The minimum atomic E-state index is 0.00336. The van der Waals surface area contributed by atoms with Crippen LogP contribution in [0.2, 0.25) is 0 Å². The van der Waals surface area contributed by atoms with E-state index in [-0.39, 0.29) is 6.03 Å². The number of amides is 2. The molecule has 1 aliphatic rings. The molecule has 1 saturated heterocycles. The zero-order valence-electron chi connectivity index (χ0n) is 19.2. The third-order valence-electron chi connectivity index (χ3n) is 6.27.